The summed E-state index contributed by atoms with van der Waals surface area (Å²) in [6.45, 7) is 23.4. The van der Waals surface area contributed by atoms with E-state index < -0.39 is 30.3 Å². The van der Waals surface area contributed by atoms with Gasteiger partial charge >= 0.3 is 120 Å². The molecular formula is C39H60Cl2N6O6P2Ru+2. The normalized spacial score (nSPS) is 24.2. The molecule has 6 heterocycles. The quantitative estimate of drug-likeness (QED) is 0.291. The Kier molecular flexibility index (Phi) is 18.4. The van der Waals surface area contributed by atoms with Gasteiger partial charge in [-0.05, 0) is 0 Å². The Morgan fingerprint density at radius 2 is 0.679 bits per heavy atom. The summed E-state index contributed by atoms with van der Waals surface area (Å²) in [5.74, 6) is 0. The Hall–Kier alpha value is -0.367. The first kappa shape index (κ1) is 43.7. The first-order chi connectivity index (χ1) is 27.7. The van der Waals surface area contributed by atoms with Gasteiger partial charge in [-0.15, -0.1) is 28.0 Å². The van der Waals surface area contributed by atoms with Gasteiger partial charge in [0, 0.05) is 0 Å². The molecule has 1 aliphatic carbocycles. The van der Waals surface area contributed by atoms with Gasteiger partial charge in [0.2, 0.25) is 16.7 Å². The molecule has 6 saturated heterocycles. The van der Waals surface area contributed by atoms with Crippen LogP contribution in [0.2, 0.25) is 0 Å². The van der Waals surface area contributed by atoms with Crippen LogP contribution in [0.1, 0.15) is 16.7 Å². The van der Waals surface area contributed by atoms with Crippen LogP contribution in [-0.4, -0.2) is 190 Å². The fourth-order valence-electron chi connectivity index (χ4n) is 7.95. The summed E-state index contributed by atoms with van der Waals surface area (Å²) in [4.78, 5) is 0. The van der Waals surface area contributed by atoms with Crippen LogP contribution in [-0.2, 0) is 41.9 Å². The molecule has 2 aromatic carbocycles. The Labute approximate surface area is 349 Å². The average Bonchev–Trinajstić information content (AvgIpc) is 3.67. The number of rotatable bonds is 7. The molecule has 0 bridgehead atoms. The van der Waals surface area contributed by atoms with E-state index in [4.69, 9.17) is 47.8 Å². The van der Waals surface area contributed by atoms with E-state index in [9.17, 15) is 0 Å². The number of hydrogen-bond donors (Lipinski definition) is 0. The number of morpholine rings is 6. The predicted octanol–water partition coefficient (Wildman–Crippen LogP) is 4.46. The number of benzene rings is 2. The molecule has 6 aliphatic heterocycles. The van der Waals surface area contributed by atoms with Gasteiger partial charge in [0.05, 0.1) is 158 Å². The second-order valence-corrected chi connectivity index (χ2v) is 25.0. The first-order valence-corrected chi connectivity index (χ1v) is 28.1. The zero-order valence-corrected chi connectivity index (χ0v) is 37.7. The second kappa shape index (κ2) is 23.6. The SMILES string of the molecule is C1CN([PH+](N2CCOCC2)N2CCOCC2)CCO1.C1CN([PH+](N2CCOCC2)N2CCOCC2)CCO1.[Cl][Ru]([Cl])=[C]1C=C(c2ccccc2)c2ccccc21. The van der Waals surface area contributed by atoms with Crippen molar-refractivity contribution in [2.24, 2.45) is 0 Å². The Balaban J connectivity index is 0.000000129. The maximum absolute atomic E-state index is 6.19. The summed E-state index contributed by atoms with van der Waals surface area (Å²) in [5, 5.41) is 0. The van der Waals surface area contributed by atoms with Crippen LogP contribution in [0.4, 0.5) is 0 Å². The van der Waals surface area contributed by atoms with Crippen LogP contribution in [0, 0.1) is 0 Å². The molecule has 312 valence electrons. The first-order valence-electron chi connectivity index (χ1n) is 20.1. The summed E-state index contributed by atoms with van der Waals surface area (Å²) in [7, 11) is 10.8. The third kappa shape index (κ3) is 12.1. The zero-order valence-electron chi connectivity index (χ0n) is 32.5. The van der Waals surface area contributed by atoms with Gasteiger partial charge in [0.25, 0.3) is 0 Å². The van der Waals surface area contributed by atoms with Crippen molar-refractivity contribution in [1.82, 2.24) is 28.0 Å². The molecule has 56 heavy (non-hydrogen) atoms. The van der Waals surface area contributed by atoms with Gasteiger partial charge in [-0.1, -0.05) is 0 Å². The van der Waals surface area contributed by atoms with E-state index in [0.717, 1.165) is 162 Å². The van der Waals surface area contributed by atoms with E-state index >= 15 is 0 Å². The zero-order chi connectivity index (χ0) is 38.4. The number of fused-ring (bicyclic) bond motifs is 1. The fourth-order valence-corrected chi connectivity index (χ4v) is 16.3. The number of halogens is 2. The van der Waals surface area contributed by atoms with Crippen molar-refractivity contribution in [3.05, 3.63) is 77.4 Å². The molecule has 0 N–H and O–H groups in total. The van der Waals surface area contributed by atoms with Gasteiger partial charge in [-0.3, -0.25) is 0 Å². The summed E-state index contributed by atoms with van der Waals surface area (Å²) in [6, 6.07) is 18.7. The van der Waals surface area contributed by atoms with Crippen molar-refractivity contribution in [2.45, 2.75) is 0 Å². The van der Waals surface area contributed by atoms with Crippen molar-refractivity contribution >= 4 is 45.8 Å². The van der Waals surface area contributed by atoms with E-state index in [1.807, 2.05) is 24.3 Å². The van der Waals surface area contributed by atoms with Crippen molar-refractivity contribution < 1.29 is 41.9 Å². The average molecular weight is 943 g/mol. The minimum absolute atomic E-state index is 0.787. The summed E-state index contributed by atoms with van der Waals surface area (Å²) < 4.78 is 50.1. The van der Waals surface area contributed by atoms with Crippen LogP contribution >= 0.6 is 36.1 Å². The van der Waals surface area contributed by atoms with Crippen LogP contribution in [0.5, 0.6) is 0 Å². The molecule has 0 saturated carbocycles. The van der Waals surface area contributed by atoms with Crippen molar-refractivity contribution in [1.29, 1.82) is 0 Å². The third-order valence-corrected chi connectivity index (χ3v) is 19.9. The summed E-state index contributed by atoms with van der Waals surface area (Å²) in [6.07, 6.45) is 2.15. The van der Waals surface area contributed by atoms with E-state index in [1.165, 1.54) is 22.3 Å². The number of ether oxygens (including phenoxy) is 6. The number of hydrogen-bond acceptors (Lipinski definition) is 12. The molecule has 0 atom stereocenters. The van der Waals surface area contributed by atoms with Crippen LogP contribution < -0.4 is 0 Å². The van der Waals surface area contributed by atoms with E-state index in [-0.39, 0.29) is 0 Å². The molecule has 2 aromatic rings. The molecular weight excluding hydrogens is 882 g/mol. The second-order valence-electron chi connectivity index (χ2n) is 14.2. The molecule has 0 spiro atoms. The van der Waals surface area contributed by atoms with Crippen LogP contribution in [0.3, 0.4) is 0 Å². The fraction of sp³-hybridized carbons (Fsp3) is 0.615. The van der Waals surface area contributed by atoms with Gasteiger partial charge in [0.15, 0.2) is 0 Å². The van der Waals surface area contributed by atoms with Crippen LogP contribution in [0.15, 0.2) is 60.7 Å². The van der Waals surface area contributed by atoms with E-state index in [1.54, 1.807) is 0 Å². The summed E-state index contributed by atoms with van der Waals surface area (Å²) >= 11 is -1.88. The Morgan fingerprint density at radius 3 is 0.982 bits per heavy atom. The number of allylic oxidation sites excluding steroid dienone is 1. The molecule has 0 unspecified atom stereocenters. The monoisotopic (exact) mass is 942 g/mol. The Bertz CT molecular complexity index is 1400. The topological polar surface area (TPSA) is 74.8 Å². The van der Waals surface area contributed by atoms with E-state index in [0.29, 0.717) is 0 Å². The van der Waals surface area contributed by atoms with Gasteiger partial charge in [0.1, 0.15) is 0 Å². The van der Waals surface area contributed by atoms with Crippen LogP contribution in [0.25, 0.3) is 5.57 Å². The molecule has 0 aromatic heterocycles. The van der Waals surface area contributed by atoms with Gasteiger partial charge in [-0.25, -0.2) is 0 Å². The van der Waals surface area contributed by atoms with E-state index in [2.05, 4.69) is 64.4 Å². The third-order valence-electron chi connectivity index (χ3n) is 10.7. The minimum atomic E-state index is -1.88. The molecule has 0 amide bonds. The number of nitrogens with zero attached hydrogens (tertiary/aromatic N) is 6. The maximum atomic E-state index is 6.19. The molecule has 6 fully saturated rings. The van der Waals surface area contributed by atoms with Gasteiger partial charge in [-0.2, -0.15) is 0 Å². The van der Waals surface area contributed by atoms with Crippen molar-refractivity contribution in [3.8, 4) is 0 Å². The molecule has 17 heteroatoms. The van der Waals surface area contributed by atoms with Crippen molar-refractivity contribution in [2.75, 3.05) is 158 Å². The molecule has 0 radical (unpaired) electrons. The van der Waals surface area contributed by atoms with Crippen molar-refractivity contribution in [3.63, 3.8) is 0 Å². The standard InChI is InChI=1S/C15H10.2C12H24N3O3P.2ClH.Ru/c1-2-6-12(7-3-1)15-11-10-13-8-4-5-9-14(13)15;2*1-7-16-8-2-13(1)19(14-3-9-17-10-4-14)15-5-11-18-12-6-15;;;/h1-9,11H;2*1-12H2;2*1H;/q;;;;;+2. The summed E-state index contributed by atoms with van der Waals surface area (Å²) in [5.41, 5.74) is 4.86. The predicted molar refractivity (Wildman–Crippen MR) is 227 cm³/mol. The molecule has 9 rings (SSSR count). The Morgan fingerprint density at radius 1 is 0.393 bits per heavy atom. The van der Waals surface area contributed by atoms with Gasteiger partial charge < -0.3 is 28.4 Å². The molecule has 12 nitrogen and oxygen atoms in total. The molecule has 7 aliphatic rings.